The Kier molecular flexibility index (Phi) is 8.06. The van der Waals surface area contributed by atoms with Gasteiger partial charge in [0.05, 0.1) is 13.1 Å². The highest BCUT2D eigenvalue weighted by atomic mass is 16.2. The number of carbonyl (C=O) groups is 2. The third-order valence-corrected chi connectivity index (χ3v) is 5.01. The van der Waals surface area contributed by atoms with E-state index in [1.807, 2.05) is 85.9 Å². The predicted octanol–water partition coefficient (Wildman–Crippen LogP) is 4.23. The topological polar surface area (TPSA) is 45.6 Å². The minimum Gasteiger partial charge on any atom is -0.353 e. The lowest BCUT2D eigenvalue weighted by molar-refractivity contribution is -0.146. The summed E-state index contributed by atoms with van der Waals surface area (Å²) >= 11 is 0. The van der Waals surface area contributed by atoms with Crippen LogP contribution in [0.25, 0.3) is 0 Å². The third-order valence-electron chi connectivity index (χ3n) is 5.01. The van der Waals surface area contributed by atoms with E-state index >= 15 is 0 Å². The second-order valence-electron chi connectivity index (χ2n) is 8.68. The largest absolute Gasteiger partial charge is 0.353 e. The van der Waals surface area contributed by atoms with Gasteiger partial charge in [-0.2, -0.15) is 0 Å². The molecule has 0 aliphatic heterocycles. The van der Waals surface area contributed by atoms with Crippen LogP contribution in [0, 0.1) is 5.41 Å². The fraction of sp³-hybridized carbons (Fsp3) is 0.500. The van der Waals surface area contributed by atoms with E-state index in [-0.39, 0.29) is 18.4 Å². The molecule has 1 aromatic heterocycles. The van der Waals surface area contributed by atoms with Gasteiger partial charge in [0.25, 0.3) is 0 Å². The number of benzene rings is 1. The van der Waals surface area contributed by atoms with Crippen molar-refractivity contribution in [3.05, 3.63) is 59.9 Å². The molecular weight excluding hydrogens is 362 g/mol. The zero-order chi connectivity index (χ0) is 21.4. The summed E-state index contributed by atoms with van der Waals surface area (Å²) in [6, 6.07) is 14.0. The smallest absolute Gasteiger partial charge is 0.242 e. The molecule has 0 aliphatic carbocycles. The highest BCUT2D eigenvalue weighted by Crippen LogP contribution is 2.19. The summed E-state index contributed by atoms with van der Waals surface area (Å²) in [5.41, 5.74) is 1.64. The van der Waals surface area contributed by atoms with Crippen LogP contribution in [-0.2, 0) is 29.7 Å². The van der Waals surface area contributed by atoms with E-state index in [9.17, 15) is 9.59 Å². The number of hydrogen-bond acceptors (Lipinski definition) is 2. The maximum Gasteiger partial charge on any atom is 0.242 e. The van der Waals surface area contributed by atoms with Crippen LogP contribution in [0.5, 0.6) is 0 Å². The van der Waals surface area contributed by atoms with E-state index in [2.05, 4.69) is 6.92 Å². The van der Waals surface area contributed by atoms with Gasteiger partial charge >= 0.3 is 0 Å². The molecule has 2 aromatic rings. The molecule has 2 rings (SSSR count). The quantitative estimate of drug-likeness (QED) is 0.636. The Hall–Kier alpha value is -2.56. The number of hydrogen-bond donors (Lipinski definition) is 0. The summed E-state index contributed by atoms with van der Waals surface area (Å²) in [4.78, 5) is 29.8. The van der Waals surface area contributed by atoms with E-state index in [0.717, 1.165) is 24.1 Å². The van der Waals surface area contributed by atoms with Gasteiger partial charge in [-0.3, -0.25) is 9.59 Å². The van der Waals surface area contributed by atoms with Crippen LogP contribution >= 0.6 is 0 Å². The zero-order valence-electron chi connectivity index (χ0n) is 18.5. The molecule has 0 unspecified atom stereocenters. The van der Waals surface area contributed by atoms with Gasteiger partial charge in [-0.1, -0.05) is 64.4 Å². The maximum atomic E-state index is 13.3. The van der Waals surface area contributed by atoms with Crippen LogP contribution in [0.1, 0.15) is 51.8 Å². The minimum atomic E-state index is -0.504. The van der Waals surface area contributed by atoms with Crippen molar-refractivity contribution in [1.29, 1.82) is 0 Å². The maximum absolute atomic E-state index is 13.3. The molecule has 0 fully saturated rings. The molecule has 0 saturated heterocycles. The third kappa shape index (κ3) is 6.77. The molecule has 5 nitrogen and oxygen atoms in total. The lowest BCUT2D eigenvalue weighted by Gasteiger charge is -2.31. The normalized spacial score (nSPS) is 11.3. The summed E-state index contributed by atoms with van der Waals surface area (Å²) < 4.78 is 2.03. The molecule has 0 spiro atoms. The van der Waals surface area contributed by atoms with E-state index in [4.69, 9.17) is 0 Å². The lowest BCUT2D eigenvalue weighted by Crippen LogP contribution is -2.46. The monoisotopic (exact) mass is 397 g/mol. The molecule has 1 heterocycles. The van der Waals surface area contributed by atoms with Gasteiger partial charge < -0.3 is 14.4 Å². The van der Waals surface area contributed by atoms with Crippen molar-refractivity contribution in [1.82, 2.24) is 14.4 Å². The number of nitrogens with zero attached hydrogens (tertiary/aromatic N) is 3. The Morgan fingerprint density at radius 1 is 0.966 bits per heavy atom. The highest BCUT2D eigenvalue weighted by molar-refractivity contribution is 5.87. The van der Waals surface area contributed by atoms with E-state index in [0.29, 0.717) is 19.6 Å². The van der Waals surface area contributed by atoms with E-state index < -0.39 is 5.41 Å². The average molecular weight is 398 g/mol. The first kappa shape index (κ1) is 22.7. The summed E-state index contributed by atoms with van der Waals surface area (Å²) in [6.45, 7) is 9.59. The fourth-order valence-corrected chi connectivity index (χ4v) is 3.23. The van der Waals surface area contributed by atoms with Crippen molar-refractivity contribution < 1.29 is 9.59 Å². The molecular formula is C24H35N3O2. The molecule has 0 aliphatic rings. The molecule has 5 heteroatoms. The number of rotatable bonds is 9. The molecule has 29 heavy (non-hydrogen) atoms. The van der Waals surface area contributed by atoms with Crippen LogP contribution in [0.3, 0.4) is 0 Å². The Morgan fingerprint density at radius 3 is 2.21 bits per heavy atom. The Balaban J connectivity index is 2.21. The molecule has 0 bridgehead atoms. The number of carbonyl (C=O) groups excluding carboxylic acids is 2. The number of aryl methyl sites for hydroxylation is 1. The van der Waals surface area contributed by atoms with E-state index in [1.165, 1.54) is 0 Å². The van der Waals surface area contributed by atoms with E-state index in [1.54, 1.807) is 4.90 Å². The summed E-state index contributed by atoms with van der Waals surface area (Å²) in [7, 11) is 1.98. The van der Waals surface area contributed by atoms with Gasteiger partial charge in [-0.05, 0) is 24.1 Å². The summed E-state index contributed by atoms with van der Waals surface area (Å²) in [5, 5.41) is 0. The molecule has 0 atom stereocenters. The highest BCUT2D eigenvalue weighted by Gasteiger charge is 2.29. The summed E-state index contributed by atoms with van der Waals surface area (Å²) in [5.74, 6) is 0.00147. The van der Waals surface area contributed by atoms with Crippen LogP contribution in [0.15, 0.2) is 48.7 Å². The molecule has 1 aromatic carbocycles. The van der Waals surface area contributed by atoms with Crippen molar-refractivity contribution in [3.63, 3.8) is 0 Å². The van der Waals surface area contributed by atoms with Gasteiger partial charge in [-0.25, -0.2) is 0 Å². The lowest BCUT2D eigenvalue weighted by atomic mass is 9.94. The first-order valence-corrected chi connectivity index (χ1v) is 10.4. The van der Waals surface area contributed by atoms with Crippen molar-refractivity contribution >= 4 is 11.8 Å². The summed E-state index contributed by atoms with van der Waals surface area (Å²) in [6.07, 6.45) is 3.86. The molecule has 2 amide bonds. The molecule has 0 saturated carbocycles. The van der Waals surface area contributed by atoms with Crippen LogP contribution in [0.4, 0.5) is 0 Å². The van der Waals surface area contributed by atoms with Crippen molar-refractivity contribution in [2.45, 2.75) is 53.6 Å². The Labute approximate surface area is 175 Å². The minimum absolute atomic E-state index is 0.0243. The Morgan fingerprint density at radius 2 is 1.66 bits per heavy atom. The Bertz CT molecular complexity index is 790. The zero-order valence-corrected chi connectivity index (χ0v) is 18.5. The number of unbranched alkanes of at least 4 members (excludes halogenated alkanes) is 1. The van der Waals surface area contributed by atoms with Gasteiger partial charge in [-0.15, -0.1) is 0 Å². The first-order chi connectivity index (χ1) is 13.7. The first-order valence-electron chi connectivity index (χ1n) is 10.4. The van der Waals surface area contributed by atoms with Crippen molar-refractivity contribution in [2.75, 3.05) is 13.1 Å². The number of amides is 2. The van der Waals surface area contributed by atoms with Crippen LogP contribution < -0.4 is 0 Å². The second-order valence-corrected chi connectivity index (χ2v) is 8.68. The van der Waals surface area contributed by atoms with Gasteiger partial charge in [0.2, 0.25) is 11.8 Å². The second kappa shape index (κ2) is 10.3. The molecule has 158 valence electrons. The standard InChI is InChI=1S/C24H35N3O2/c1-6-7-16-26(23(29)24(2,3)4)19-22(28)27(17-20-12-9-8-10-13-20)18-21-14-11-15-25(21)5/h8-15H,6-7,16-19H2,1-5H3. The van der Waals surface area contributed by atoms with Gasteiger partial charge in [0.15, 0.2) is 0 Å². The van der Waals surface area contributed by atoms with Crippen LogP contribution in [0.2, 0.25) is 0 Å². The average Bonchev–Trinajstić information content (AvgIpc) is 3.08. The predicted molar refractivity (Wildman–Crippen MR) is 117 cm³/mol. The molecule has 0 N–H and O–H groups in total. The van der Waals surface area contributed by atoms with Gasteiger partial charge in [0.1, 0.15) is 0 Å². The van der Waals surface area contributed by atoms with Crippen molar-refractivity contribution in [3.8, 4) is 0 Å². The SMILES string of the molecule is CCCCN(CC(=O)N(Cc1ccccc1)Cc1cccn1C)C(=O)C(C)(C)C. The fourth-order valence-electron chi connectivity index (χ4n) is 3.23. The molecule has 0 radical (unpaired) electrons. The van der Waals surface area contributed by atoms with Crippen molar-refractivity contribution in [2.24, 2.45) is 12.5 Å². The van der Waals surface area contributed by atoms with Gasteiger partial charge in [0, 0.05) is 37.4 Å². The van der Waals surface area contributed by atoms with Crippen LogP contribution in [-0.4, -0.2) is 39.3 Å². The number of aromatic nitrogens is 1.